The fourth-order valence-corrected chi connectivity index (χ4v) is 3.43. The number of aromatic nitrogens is 3. The first-order valence-corrected chi connectivity index (χ1v) is 9.59. The molecule has 2 heterocycles. The van der Waals surface area contributed by atoms with Gasteiger partial charge in [0.2, 0.25) is 10.0 Å². The summed E-state index contributed by atoms with van der Waals surface area (Å²) in [7, 11) is -0.518. The van der Waals surface area contributed by atoms with Crippen LogP contribution >= 0.6 is 12.2 Å². The lowest BCUT2D eigenvalue weighted by Crippen LogP contribution is -2.29. The van der Waals surface area contributed by atoms with Crippen molar-refractivity contribution in [1.82, 2.24) is 24.2 Å². The minimum absolute atomic E-state index is 0.193. The smallest absolute Gasteiger partial charge is 0.242 e. The highest BCUT2D eigenvalue weighted by Crippen LogP contribution is 2.17. The maximum absolute atomic E-state index is 12.2. The highest BCUT2D eigenvalue weighted by atomic mass is 32.2. The van der Waals surface area contributed by atoms with Crippen LogP contribution in [0.3, 0.4) is 0 Å². The molecule has 3 aromatic rings. The summed E-state index contributed by atoms with van der Waals surface area (Å²) < 4.78 is 27.4. The van der Waals surface area contributed by atoms with Crippen molar-refractivity contribution in [2.45, 2.75) is 11.4 Å². The predicted molar refractivity (Wildman–Crippen MR) is 103 cm³/mol. The van der Waals surface area contributed by atoms with Crippen LogP contribution in [0.5, 0.6) is 0 Å². The van der Waals surface area contributed by atoms with Gasteiger partial charge in [-0.2, -0.15) is 0 Å². The number of fused-ring (bicyclic) bond motifs is 1. The van der Waals surface area contributed by atoms with E-state index in [0.717, 1.165) is 5.65 Å². The zero-order valence-corrected chi connectivity index (χ0v) is 15.9. The third-order valence-electron chi connectivity index (χ3n) is 3.66. The molecule has 0 atom stereocenters. The first-order valence-electron chi connectivity index (χ1n) is 7.74. The van der Waals surface area contributed by atoms with E-state index in [0.29, 0.717) is 23.2 Å². The fourth-order valence-electron chi connectivity index (χ4n) is 2.29. The van der Waals surface area contributed by atoms with Gasteiger partial charge in [-0.15, -0.1) is 10.2 Å². The molecule has 0 aliphatic carbocycles. The highest BCUT2D eigenvalue weighted by molar-refractivity contribution is 7.89. The molecule has 0 saturated heterocycles. The number of nitrogens with zero attached hydrogens (tertiary/aromatic N) is 4. The summed E-state index contributed by atoms with van der Waals surface area (Å²) in [4.78, 5) is 0.193. The molecule has 0 spiro atoms. The number of pyridine rings is 1. The molecule has 0 saturated carbocycles. The van der Waals surface area contributed by atoms with Crippen molar-refractivity contribution in [3.63, 3.8) is 0 Å². The third kappa shape index (κ3) is 3.82. The zero-order valence-electron chi connectivity index (χ0n) is 14.2. The minimum atomic E-state index is -3.50. The monoisotopic (exact) mass is 390 g/mol. The van der Waals surface area contributed by atoms with Crippen molar-refractivity contribution in [2.24, 2.45) is 0 Å². The lowest BCUT2D eigenvalue weighted by molar-refractivity contribution is 0.521. The molecule has 3 rings (SSSR count). The minimum Gasteiger partial charge on any atom is -0.355 e. The van der Waals surface area contributed by atoms with Gasteiger partial charge in [0.1, 0.15) is 0 Å². The van der Waals surface area contributed by atoms with Crippen LogP contribution in [0.1, 0.15) is 5.82 Å². The van der Waals surface area contributed by atoms with Gasteiger partial charge < -0.3 is 10.6 Å². The second-order valence-electron chi connectivity index (χ2n) is 5.67. The van der Waals surface area contributed by atoms with Gasteiger partial charge in [-0.25, -0.2) is 12.7 Å². The maximum Gasteiger partial charge on any atom is 0.242 e. The van der Waals surface area contributed by atoms with Gasteiger partial charge in [0.05, 0.1) is 11.4 Å². The number of rotatable bonds is 5. The number of benzene rings is 1. The first-order chi connectivity index (χ1) is 12.4. The molecule has 8 nitrogen and oxygen atoms in total. The van der Waals surface area contributed by atoms with Crippen LogP contribution in [-0.2, 0) is 16.6 Å². The van der Waals surface area contributed by atoms with Crippen molar-refractivity contribution in [2.75, 3.05) is 19.4 Å². The van der Waals surface area contributed by atoms with Crippen LogP contribution in [0.4, 0.5) is 5.69 Å². The number of sulfonamides is 1. The molecule has 0 amide bonds. The van der Waals surface area contributed by atoms with E-state index in [9.17, 15) is 8.42 Å². The molecule has 10 heteroatoms. The Morgan fingerprint density at radius 2 is 2.00 bits per heavy atom. The molecule has 136 valence electrons. The molecular weight excluding hydrogens is 372 g/mol. The Balaban J connectivity index is 1.67. The van der Waals surface area contributed by atoms with Crippen molar-refractivity contribution < 1.29 is 8.42 Å². The Kier molecular flexibility index (Phi) is 5.16. The van der Waals surface area contributed by atoms with Crippen LogP contribution in [0, 0.1) is 0 Å². The largest absolute Gasteiger partial charge is 0.355 e. The van der Waals surface area contributed by atoms with Gasteiger partial charge in [-0.05, 0) is 42.5 Å². The highest BCUT2D eigenvalue weighted by Gasteiger charge is 2.17. The zero-order chi connectivity index (χ0) is 18.7. The topological polar surface area (TPSA) is 91.6 Å². The quantitative estimate of drug-likeness (QED) is 0.638. The summed E-state index contributed by atoms with van der Waals surface area (Å²) >= 11 is 5.28. The van der Waals surface area contributed by atoms with E-state index < -0.39 is 10.0 Å². The van der Waals surface area contributed by atoms with Crippen molar-refractivity contribution >= 4 is 38.7 Å². The summed E-state index contributed by atoms with van der Waals surface area (Å²) in [6.45, 7) is 0.382. The van der Waals surface area contributed by atoms with Gasteiger partial charge in [0, 0.05) is 26.0 Å². The number of thiocarbonyl (C=S) groups is 1. The second-order valence-corrected chi connectivity index (χ2v) is 8.23. The summed E-state index contributed by atoms with van der Waals surface area (Å²) in [6.07, 6.45) is 1.87. The number of hydrogen-bond acceptors (Lipinski definition) is 5. The normalized spacial score (nSPS) is 11.7. The van der Waals surface area contributed by atoms with Crippen molar-refractivity contribution in [3.8, 4) is 0 Å². The van der Waals surface area contributed by atoms with Crippen LogP contribution in [0.15, 0.2) is 53.6 Å². The van der Waals surface area contributed by atoms with E-state index in [1.165, 1.54) is 24.5 Å². The Hall–Kier alpha value is -2.56. The van der Waals surface area contributed by atoms with Crippen LogP contribution < -0.4 is 10.6 Å². The van der Waals surface area contributed by atoms with E-state index in [2.05, 4.69) is 20.8 Å². The third-order valence-corrected chi connectivity index (χ3v) is 5.72. The van der Waals surface area contributed by atoms with Gasteiger partial charge in [-0.1, -0.05) is 12.1 Å². The molecule has 2 N–H and O–H groups in total. The first kappa shape index (κ1) is 18.2. The fraction of sp³-hybridized carbons (Fsp3) is 0.188. The summed E-state index contributed by atoms with van der Waals surface area (Å²) in [5, 5.41) is 14.6. The van der Waals surface area contributed by atoms with Crippen LogP contribution in [-0.4, -0.2) is 46.5 Å². The molecule has 2 aromatic heterocycles. The van der Waals surface area contributed by atoms with Crippen LogP contribution in [0.2, 0.25) is 0 Å². The average molecular weight is 390 g/mol. The van der Waals surface area contributed by atoms with Crippen molar-refractivity contribution in [1.29, 1.82) is 0 Å². The summed E-state index contributed by atoms with van der Waals surface area (Å²) in [5.41, 5.74) is 1.33. The number of anilines is 1. The molecule has 26 heavy (non-hydrogen) atoms. The Bertz CT molecular complexity index is 1050. The van der Waals surface area contributed by atoms with Gasteiger partial charge in [0.25, 0.3) is 0 Å². The van der Waals surface area contributed by atoms with E-state index in [1.807, 2.05) is 28.8 Å². The number of hydrogen-bond donors (Lipinski definition) is 2. The SMILES string of the molecule is CN(C)S(=O)(=O)c1cccc(NC(=S)NCc2nnc3ccccn23)c1. The summed E-state index contributed by atoms with van der Waals surface area (Å²) in [5.74, 6) is 0.716. The van der Waals surface area contributed by atoms with E-state index in [1.54, 1.807) is 18.2 Å². The Morgan fingerprint density at radius 1 is 1.19 bits per heavy atom. The Labute approximate surface area is 156 Å². The van der Waals surface area contributed by atoms with Gasteiger partial charge in [-0.3, -0.25) is 4.40 Å². The molecule has 1 aromatic carbocycles. The molecular formula is C16H18N6O2S2. The molecule has 0 aliphatic rings. The van der Waals surface area contributed by atoms with Gasteiger partial charge in [0.15, 0.2) is 16.6 Å². The van der Waals surface area contributed by atoms with Crippen molar-refractivity contribution in [3.05, 3.63) is 54.5 Å². The lowest BCUT2D eigenvalue weighted by Gasteiger charge is -2.14. The molecule has 0 fully saturated rings. The molecule has 0 aliphatic heterocycles. The van der Waals surface area contributed by atoms with E-state index in [-0.39, 0.29) is 4.90 Å². The average Bonchev–Trinajstić information content (AvgIpc) is 3.03. The molecule has 0 bridgehead atoms. The van der Waals surface area contributed by atoms with Gasteiger partial charge >= 0.3 is 0 Å². The number of nitrogens with one attached hydrogen (secondary N) is 2. The molecule has 0 radical (unpaired) electrons. The predicted octanol–water partition coefficient (Wildman–Crippen LogP) is 1.47. The Morgan fingerprint density at radius 3 is 2.77 bits per heavy atom. The maximum atomic E-state index is 12.2. The lowest BCUT2D eigenvalue weighted by atomic mass is 10.3. The molecule has 0 unspecified atom stereocenters. The second kappa shape index (κ2) is 7.36. The standard InChI is InChI=1S/C16H18N6O2S2/c1-21(2)26(23,24)13-7-5-6-12(10-13)18-16(25)17-11-15-20-19-14-8-3-4-9-22(14)15/h3-10H,11H2,1-2H3,(H2,17,18,25). The summed E-state index contributed by atoms with van der Waals surface area (Å²) in [6, 6.07) is 12.1. The van der Waals surface area contributed by atoms with E-state index in [4.69, 9.17) is 12.2 Å². The van der Waals surface area contributed by atoms with Crippen LogP contribution in [0.25, 0.3) is 5.65 Å². The van der Waals surface area contributed by atoms with E-state index >= 15 is 0 Å².